The van der Waals surface area contributed by atoms with Crippen molar-refractivity contribution in [3.05, 3.63) is 87.8 Å². The first-order valence-corrected chi connectivity index (χ1v) is 9.79. The molecular formula is C23H20FN3O5. The van der Waals surface area contributed by atoms with Gasteiger partial charge in [0.1, 0.15) is 29.7 Å². The minimum atomic E-state index is -0.408. The number of amides is 1. The summed E-state index contributed by atoms with van der Waals surface area (Å²) in [7, 11) is 0. The molecule has 0 aliphatic carbocycles. The van der Waals surface area contributed by atoms with Crippen LogP contribution in [-0.4, -0.2) is 22.1 Å². The van der Waals surface area contributed by atoms with Crippen LogP contribution in [0.1, 0.15) is 17.0 Å². The Balaban J connectivity index is 1.44. The van der Waals surface area contributed by atoms with Crippen LogP contribution >= 0.6 is 0 Å². The van der Waals surface area contributed by atoms with Crippen molar-refractivity contribution < 1.29 is 23.2 Å². The van der Waals surface area contributed by atoms with E-state index in [4.69, 9.17) is 14.0 Å². The maximum atomic E-state index is 13.0. The zero-order valence-electron chi connectivity index (χ0n) is 17.4. The molecule has 0 aliphatic heterocycles. The molecule has 2 aromatic heterocycles. The van der Waals surface area contributed by atoms with Gasteiger partial charge >= 0.3 is 0 Å². The highest BCUT2D eigenvalue weighted by molar-refractivity contribution is 5.93. The number of carbonyl (C=O) groups excluding carboxylic acids is 1. The van der Waals surface area contributed by atoms with Gasteiger partial charge in [0.25, 0.3) is 11.5 Å². The van der Waals surface area contributed by atoms with E-state index in [9.17, 15) is 14.0 Å². The number of benzene rings is 2. The first kappa shape index (κ1) is 21.1. The van der Waals surface area contributed by atoms with Crippen molar-refractivity contribution in [2.75, 3.05) is 11.9 Å². The van der Waals surface area contributed by atoms with Crippen LogP contribution in [0.2, 0.25) is 0 Å². The Hall–Kier alpha value is -4.14. The summed E-state index contributed by atoms with van der Waals surface area (Å²) in [5.74, 6) is 0.575. The predicted octanol–water partition coefficient (Wildman–Crippen LogP) is 3.64. The van der Waals surface area contributed by atoms with Crippen molar-refractivity contribution in [1.29, 1.82) is 0 Å². The summed E-state index contributed by atoms with van der Waals surface area (Å²) < 4.78 is 30.6. The Morgan fingerprint density at radius 3 is 2.66 bits per heavy atom. The van der Waals surface area contributed by atoms with Crippen LogP contribution in [0.5, 0.6) is 11.5 Å². The highest BCUT2D eigenvalue weighted by atomic mass is 19.1. The fourth-order valence-electron chi connectivity index (χ4n) is 3.02. The molecular weight excluding hydrogens is 417 g/mol. The van der Waals surface area contributed by atoms with Gasteiger partial charge in [-0.3, -0.25) is 9.59 Å². The summed E-state index contributed by atoms with van der Waals surface area (Å²) in [6.45, 7) is 3.38. The zero-order chi connectivity index (χ0) is 22.7. The summed E-state index contributed by atoms with van der Waals surface area (Å²) >= 11 is 0. The van der Waals surface area contributed by atoms with E-state index in [2.05, 4.69) is 10.3 Å². The molecule has 0 saturated heterocycles. The molecule has 0 radical (unpaired) electrons. The van der Waals surface area contributed by atoms with E-state index in [1.807, 2.05) is 13.0 Å². The summed E-state index contributed by atoms with van der Waals surface area (Å²) in [5, 5.41) is 2.74. The number of nitrogens with one attached hydrogen (secondary N) is 1. The normalized spacial score (nSPS) is 10.8. The second-order valence-electron chi connectivity index (χ2n) is 7.16. The van der Waals surface area contributed by atoms with E-state index in [1.54, 1.807) is 25.1 Å². The molecule has 0 aliphatic rings. The van der Waals surface area contributed by atoms with Crippen LogP contribution < -0.4 is 20.3 Å². The number of nitrogens with zero attached hydrogens (tertiary/aromatic N) is 2. The molecule has 0 atom stereocenters. The average Bonchev–Trinajstić information content (AvgIpc) is 3.14. The molecule has 164 valence electrons. The van der Waals surface area contributed by atoms with Gasteiger partial charge in [-0.15, -0.1) is 4.57 Å². The third-order valence-corrected chi connectivity index (χ3v) is 4.49. The molecule has 0 fully saturated rings. The van der Waals surface area contributed by atoms with Crippen molar-refractivity contribution in [2.45, 2.75) is 20.5 Å². The van der Waals surface area contributed by atoms with Crippen LogP contribution in [0.4, 0.5) is 10.1 Å². The third kappa shape index (κ3) is 4.94. The van der Waals surface area contributed by atoms with Crippen LogP contribution in [0.25, 0.3) is 5.65 Å². The fourth-order valence-corrected chi connectivity index (χ4v) is 3.02. The molecule has 0 unspecified atom stereocenters. The average molecular weight is 437 g/mol. The minimum Gasteiger partial charge on any atom is -0.485 e. The fraction of sp³-hybridized carbons (Fsp3) is 0.174. The second kappa shape index (κ2) is 8.93. The van der Waals surface area contributed by atoms with Gasteiger partial charge in [0.05, 0.1) is 11.4 Å². The molecule has 1 N–H and O–H groups in total. The number of anilines is 1. The molecule has 8 nitrogen and oxygen atoms in total. The molecule has 32 heavy (non-hydrogen) atoms. The minimum absolute atomic E-state index is 0.0222. The third-order valence-electron chi connectivity index (χ3n) is 4.49. The Bertz CT molecular complexity index is 1330. The zero-order valence-corrected chi connectivity index (χ0v) is 17.4. The van der Waals surface area contributed by atoms with Crippen molar-refractivity contribution in [3.8, 4) is 11.5 Å². The number of aryl methyl sites for hydroxylation is 2. The number of halogens is 1. The largest absolute Gasteiger partial charge is 0.485 e. The molecule has 0 spiro atoms. The lowest BCUT2D eigenvalue weighted by Gasteiger charge is -2.13. The Labute approximate surface area is 182 Å². The highest BCUT2D eigenvalue weighted by Crippen LogP contribution is 2.26. The second-order valence-corrected chi connectivity index (χ2v) is 7.16. The van der Waals surface area contributed by atoms with Gasteiger partial charge in [-0.1, -0.05) is 6.07 Å². The number of carbonyl (C=O) groups is 1. The van der Waals surface area contributed by atoms with Gasteiger partial charge in [0, 0.05) is 12.1 Å². The van der Waals surface area contributed by atoms with E-state index < -0.39 is 5.91 Å². The maximum Gasteiger partial charge on any atom is 0.287 e. The van der Waals surface area contributed by atoms with E-state index in [0.29, 0.717) is 34.3 Å². The summed E-state index contributed by atoms with van der Waals surface area (Å²) in [6, 6.07) is 13.7. The van der Waals surface area contributed by atoms with Crippen LogP contribution in [-0.2, 0) is 11.4 Å². The Morgan fingerprint density at radius 2 is 1.88 bits per heavy atom. The molecule has 4 aromatic rings. The van der Waals surface area contributed by atoms with E-state index in [-0.39, 0.29) is 24.6 Å². The van der Waals surface area contributed by atoms with Gasteiger partial charge in [0.15, 0.2) is 12.3 Å². The number of aromatic nitrogens is 2. The number of fused-ring (bicyclic) bond motifs is 1. The molecule has 2 aromatic carbocycles. The van der Waals surface area contributed by atoms with Crippen LogP contribution in [0, 0.1) is 19.7 Å². The molecule has 2 heterocycles. The molecule has 4 rings (SSSR count). The first-order valence-electron chi connectivity index (χ1n) is 9.79. The lowest BCUT2D eigenvalue weighted by molar-refractivity contribution is -0.118. The molecule has 9 heteroatoms. The Morgan fingerprint density at radius 1 is 1.09 bits per heavy atom. The molecule has 1 amide bonds. The molecule has 0 bridgehead atoms. The van der Waals surface area contributed by atoms with Gasteiger partial charge in [-0.2, -0.15) is 0 Å². The van der Waals surface area contributed by atoms with Gasteiger partial charge in [-0.25, -0.2) is 9.37 Å². The van der Waals surface area contributed by atoms with Gasteiger partial charge in [-0.05, 0) is 55.8 Å². The summed E-state index contributed by atoms with van der Waals surface area (Å²) in [6.07, 6.45) is 0. The smallest absolute Gasteiger partial charge is 0.287 e. The Kier molecular flexibility index (Phi) is 5.89. The monoisotopic (exact) mass is 437 g/mol. The lowest BCUT2D eigenvalue weighted by Crippen LogP contribution is -2.20. The van der Waals surface area contributed by atoms with Crippen molar-refractivity contribution in [3.63, 3.8) is 0 Å². The number of hydrogen-bond acceptors (Lipinski definition) is 6. The summed E-state index contributed by atoms with van der Waals surface area (Å²) in [4.78, 5) is 28.9. The van der Waals surface area contributed by atoms with Crippen molar-refractivity contribution >= 4 is 17.2 Å². The quantitative estimate of drug-likeness (QED) is 0.474. The van der Waals surface area contributed by atoms with Crippen molar-refractivity contribution in [1.82, 2.24) is 9.56 Å². The number of rotatable bonds is 7. The van der Waals surface area contributed by atoms with Crippen LogP contribution in [0.3, 0.4) is 0 Å². The number of ether oxygens (including phenoxy) is 2. The van der Waals surface area contributed by atoms with E-state index in [0.717, 1.165) is 10.1 Å². The van der Waals surface area contributed by atoms with E-state index >= 15 is 0 Å². The summed E-state index contributed by atoms with van der Waals surface area (Å²) in [5.41, 5.74) is 1.84. The highest BCUT2D eigenvalue weighted by Gasteiger charge is 2.12. The first-order chi connectivity index (χ1) is 15.4. The topological polar surface area (TPSA) is 95.1 Å². The van der Waals surface area contributed by atoms with Crippen LogP contribution in [0.15, 0.2) is 63.9 Å². The lowest BCUT2D eigenvalue weighted by atomic mass is 10.2. The van der Waals surface area contributed by atoms with E-state index in [1.165, 1.54) is 30.3 Å². The molecule has 0 saturated carbocycles. The standard InChI is InChI=1S/C23H20FN3O5/c1-14-3-8-19(26-22(28)13-30-18-6-4-16(24)5-7-18)20(9-14)31-12-17-11-23(29)27-21(25-17)10-15(2)32-27/h3-11H,12-13H2,1-2H3,(H,26,28). The maximum absolute atomic E-state index is 13.0. The number of hydrogen-bond donors (Lipinski definition) is 1. The van der Waals surface area contributed by atoms with Crippen molar-refractivity contribution in [2.24, 2.45) is 0 Å². The SMILES string of the molecule is Cc1ccc(NC(=O)COc2ccc(F)cc2)c(OCc2cc(=O)n3oc(C)cc3n2)c1. The predicted molar refractivity (Wildman–Crippen MR) is 115 cm³/mol. The van der Waals surface area contributed by atoms with Gasteiger partial charge in [0.2, 0.25) is 0 Å². The van der Waals surface area contributed by atoms with Gasteiger partial charge < -0.3 is 19.3 Å².